The van der Waals surface area contributed by atoms with Crippen LogP contribution in [0.4, 0.5) is 0 Å². The van der Waals surface area contributed by atoms with Crippen molar-refractivity contribution in [2.75, 3.05) is 40.1 Å². The largest absolute Gasteiger partial charge is 0.497 e. The molecule has 2 aromatic heterocycles. The Balaban J connectivity index is 1.33. The average molecular weight is 562 g/mol. The van der Waals surface area contributed by atoms with E-state index in [0.717, 1.165) is 38.7 Å². The Bertz CT molecular complexity index is 1550. The summed E-state index contributed by atoms with van der Waals surface area (Å²) in [4.78, 5) is 28.9. The lowest BCUT2D eigenvalue weighted by Crippen LogP contribution is -2.34. The number of para-hydroxylation sites is 1. The van der Waals surface area contributed by atoms with Crippen molar-refractivity contribution in [3.05, 3.63) is 77.8 Å². The zero-order valence-corrected chi connectivity index (χ0v) is 23.2. The molecule has 0 unspecified atom stereocenters. The molecule has 10 heteroatoms. The van der Waals surface area contributed by atoms with Crippen LogP contribution >= 0.6 is 0 Å². The monoisotopic (exact) mass is 561 g/mol. The van der Waals surface area contributed by atoms with E-state index in [1.54, 1.807) is 17.8 Å². The zero-order valence-electron chi connectivity index (χ0n) is 23.2. The number of aromatic nitrogens is 2. The van der Waals surface area contributed by atoms with Crippen LogP contribution in [0.5, 0.6) is 5.75 Å². The molecule has 1 aliphatic heterocycles. The van der Waals surface area contributed by atoms with Gasteiger partial charge in [0.15, 0.2) is 5.76 Å². The minimum absolute atomic E-state index is 0.0681. The maximum absolute atomic E-state index is 13.3. The molecule has 0 aliphatic carbocycles. The van der Waals surface area contributed by atoms with Crippen molar-refractivity contribution in [2.24, 2.45) is 0 Å². The number of nitrogens with one attached hydrogen (secondary N) is 2. The van der Waals surface area contributed by atoms with Crippen LogP contribution in [0.2, 0.25) is 0 Å². The van der Waals surface area contributed by atoms with Gasteiger partial charge in [0.05, 0.1) is 39.1 Å². The summed E-state index contributed by atoms with van der Waals surface area (Å²) in [5.41, 5.74) is 3.80. The Kier molecular flexibility index (Phi) is 9.03. The van der Waals surface area contributed by atoms with Crippen molar-refractivity contribution in [2.45, 2.75) is 32.0 Å². The van der Waals surface area contributed by atoms with Crippen LogP contribution < -0.4 is 10.1 Å². The van der Waals surface area contributed by atoms with Crippen molar-refractivity contribution in [3.8, 4) is 5.75 Å². The highest BCUT2D eigenvalue weighted by Crippen LogP contribution is 2.36. The first-order chi connectivity index (χ1) is 20.0. The highest BCUT2D eigenvalue weighted by molar-refractivity contribution is 5.95. The fraction of sp³-hybridized carbons (Fsp3) is 0.355. The van der Waals surface area contributed by atoms with Gasteiger partial charge in [0.1, 0.15) is 5.75 Å². The molecule has 4 aromatic rings. The third kappa shape index (κ3) is 6.45. The molecule has 0 bridgehead atoms. The minimum Gasteiger partial charge on any atom is -0.497 e. The van der Waals surface area contributed by atoms with E-state index in [1.807, 2.05) is 54.9 Å². The molecule has 2 aromatic carbocycles. The molecule has 10 nitrogen and oxygen atoms in total. The van der Waals surface area contributed by atoms with Gasteiger partial charge in [-0.1, -0.05) is 18.2 Å². The number of benzene rings is 2. The predicted octanol–water partition coefficient (Wildman–Crippen LogP) is 3.89. The van der Waals surface area contributed by atoms with Crippen molar-refractivity contribution in [1.29, 1.82) is 0 Å². The number of hydrogen-bond acceptors (Lipinski definition) is 7. The lowest BCUT2D eigenvalue weighted by molar-refractivity contribution is -0.151. The fourth-order valence-corrected chi connectivity index (χ4v) is 5.19. The molecule has 0 saturated carbocycles. The quantitative estimate of drug-likeness (QED) is 0.224. The number of fused-ring (bicyclic) bond motifs is 2. The first-order valence-corrected chi connectivity index (χ1v) is 13.7. The van der Waals surface area contributed by atoms with Gasteiger partial charge in [-0.15, -0.1) is 0 Å². The second-order valence-electron chi connectivity index (χ2n) is 9.85. The second-order valence-corrected chi connectivity index (χ2v) is 9.85. The highest BCUT2D eigenvalue weighted by Gasteiger charge is 2.30. The normalized spacial score (nSPS) is 16.9. The van der Waals surface area contributed by atoms with Gasteiger partial charge in [-0.05, 0) is 47.9 Å². The lowest BCUT2D eigenvalue weighted by Gasteiger charge is -2.29. The van der Waals surface area contributed by atoms with E-state index in [4.69, 9.17) is 24.1 Å². The third-order valence-electron chi connectivity index (χ3n) is 7.18. The summed E-state index contributed by atoms with van der Waals surface area (Å²) in [5.74, 6) is 0.285. The van der Waals surface area contributed by atoms with Crippen molar-refractivity contribution >= 4 is 33.6 Å². The smallest absolute Gasteiger partial charge is 0.286 e. The summed E-state index contributed by atoms with van der Waals surface area (Å²) < 4.78 is 24.2. The topological polar surface area (TPSA) is 124 Å². The van der Waals surface area contributed by atoms with Gasteiger partial charge in [0, 0.05) is 54.5 Å². The maximum atomic E-state index is 13.3. The molecule has 0 saturated heterocycles. The van der Waals surface area contributed by atoms with Crippen LogP contribution in [-0.4, -0.2) is 72.8 Å². The molecule has 0 radical (unpaired) electrons. The summed E-state index contributed by atoms with van der Waals surface area (Å²) in [7, 11) is 1.63. The van der Waals surface area contributed by atoms with Crippen LogP contribution in [0.3, 0.4) is 0 Å². The summed E-state index contributed by atoms with van der Waals surface area (Å²) in [6.45, 7) is 2.61. The molecule has 3 heterocycles. The summed E-state index contributed by atoms with van der Waals surface area (Å²) in [6, 6.07) is 13.6. The molecule has 0 spiro atoms. The number of allylic oxidation sites excluding steroid dienone is 1. The number of carbonyl (C=O) groups excluding carboxylic acids is 2. The van der Waals surface area contributed by atoms with Crippen LogP contribution in [0, 0.1) is 0 Å². The van der Waals surface area contributed by atoms with Crippen molar-refractivity contribution < 1.29 is 33.6 Å². The van der Waals surface area contributed by atoms with E-state index in [0.29, 0.717) is 19.4 Å². The first kappa shape index (κ1) is 28.4. The van der Waals surface area contributed by atoms with E-state index >= 15 is 0 Å². The van der Waals surface area contributed by atoms with Crippen LogP contribution in [0.15, 0.2) is 66.7 Å². The number of ether oxygens (including phenoxy) is 4. The summed E-state index contributed by atoms with van der Waals surface area (Å²) in [5, 5.41) is 13.9. The number of H-pyrrole nitrogens is 1. The van der Waals surface area contributed by atoms with Gasteiger partial charge in [0.2, 0.25) is 12.2 Å². The van der Waals surface area contributed by atoms with Crippen molar-refractivity contribution in [3.63, 3.8) is 0 Å². The number of nitrogens with zero attached hydrogens (tertiary/aromatic N) is 1. The van der Waals surface area contributed by atoms with Crippen LogP contribution in [0.1, 0.15) is 35.2 Å². The van der Waals surface area contributed by atoms with Gasteiger partial charge < -0.3 is 34.4 Å². The van der Waals surface area contributed by atoms with E-state index in [2.05, 4.69) is 10.3 Å². The van der Waals surface area contributed by atoms with E-state index < -0.39 is 6.29 Å². The van der Waals surface area contributed by atoms with Gasteiger partial charge in [-0.2, -0.15) is 0 Å². The number of amides is 1. The molecule has 2 atom stereocenters. The van der Waals surface area contributed by atoms with E-state index in [-0.39, 0.29) is 49.9 Å². The second kappa shape index (κ2) is 13.0. The zero-order chi connectivity index (χ0) is 28.8. The third-order valence-corrected chi connectivity index (χ3v) is 7.18. The first-order valence-electron chi connectivity index (χ1n) is 13.7. The lowest BCUT2D eigenvalue weighted by atomic mass is 9.92. The molecular weight excluding hydrogens is 526 g/mol. The van der Waals surface area contributed by atoms with E-state index in [1.165, 1.54) is 6.92 Å². The highest BCUT2D eigenvalue weighted by atomic mass is 16.7. The van der Waals surface area contributed by atoms with E-state index in [9.17, 15) is 9.59 Å². The van der Waals surface area contributed by atoms with Gasteiger partial charge in [-0.25, -0.2) is 0 Å². The van der Waals surface area contributed by atoms with Gasteiger partial charge in [-0.3, -0.25) is 14.2 Å². The molecule has 1 aliphatic rings. The predicted molar refractivity (Wildman–Crippen MR) is 154 cm³/mol. The fourth-order valence-electron chi connectivity index (χ4n) is 5.19. The average Bonchev–Trinajstić information content (AvgIpc) is 3.58. The number of methoxy groups -OCH3 is 1. The number of aliphatic hydroxyl groups excluding tert-OH is 1. The molecule has 41 heavy (non-hydrogen) atoms. The minimum atomic E-state index is -0.691. The molecular formula is C31H35N3O7. The number of rotatable bonds is 12. The van der Waals surface area contributed by atoms with Crippen LogP contribution in [0.25, 0.3) is 21.8 Å². The SMILES string of the molecule is COc1ccc2[nH]cc(CCNC(=O)C3=C[C@H](c4cn(C(C)=O)c5ccccc45)C[C@H](OCCOCCO)O3)c2c1. The maximum Gasteiger partial charge on any atom is 0.286 e. The summed E-state index contributed by atoms with van der Waals surface area (Å²) >= 11 is 0. The van der Waals surface area contributed by atoms with Gasteiger partial charge in [0.25, 0.3) is 5.91 Å². The number of aromatic amines is 1. The number of aliphatic hydroxyl groups is 1. The standard InChI is InChI=1S/C31H35N3O7/c1-20(36)34-19-26(24-5-3-4-6-28(24)34)22-15-29(41-30(16-22)40-14-13-39-12-11-35)31(37)32-10-9-21-18-33-27-8-7-23(38-2)17-25(21)27/h3-8,15,17-19,22,30,33,35H,9-14,16H2,1-2H3,(H,32,37)/t22-,30+/m0/s1. The Hall–Kier alpha value is -4.12. The molecule has 5 rings (SSSR count). The van der Waals surface area contributed by atoms with Crippen molar-refractivity contribution in [1.82, 2.24) is 14.9 Å². The Morgan fingerprint density at radius 2 is 2.00 bits per heavy atom. The molecule has 0 fully saturated rings. The van der Waals surface area contributed by atoms with Gasteiger partial charge >= 0.3 is 0 Å². The van der Waals surface area contributed by atoms with Crippen LogP contribution in [-0.2, 0) is 25.4 Å². The Labute approximate surface area is 237 Å². The Morgan fingerprint density at radius 3 is 2.80 bits per heavy atom. The molecule has 1 amide bonds. The molecule has 3 N–H and O–H groups in total. The number of hydrogen-bond donors (Lipinski definition) is 3. The molecule has 216 valence electrons. The number of carbonyl (C=O) groups is 2. The Morgan fingerprint density at radius 1 is 1.15 bits per heavy atom. The summed E-state index contributed by atoms with van der Waals surface area (Å²) in [6.07, 6.45) is 5.96.